The predicted molar refractivity (Wildman–Crippen MR) is 77.9 cm³/mol. The number of anilines is 2. The zero-order valence-corrected chi connectivity index (χ0v) is 11.8. The molecular weight excluding hydrogens is 242 g/mol. The van der Waals surface area contributed by atoms with Gasteiger partial charge in [0.05, 0.1) is 4.92 Å². The van der Waals surface area contributed by atoms with Crippen LogP contribution in [-0.2, 0) is 0 Å². The lowest BCUT2D eigenvalue weighted by Gasteiger charge is -2.33. The van der Waals surface area contributed by atoms with E-state index in [1.807, 2.05) is 19.1 Å². The van der Waals surface area contributed by atoms with E-state index in [-0.39, 0.29) is 16.1 Å². The Morgan fingerprint density at radius 3 is 2.74 bits per heavy atom. The molecule has 0 spiro atoms. The zero-order valence-electron chi connectivity index (χ0n) is 11.8. The van der Waals surface area contributed by atoms with E-state index < -0.39 is 0 Å². The molecule has 0 radical (unpaired) electrons. The van der Waals surface area contributed by atoms with Crippen LogP contribution in [0.2, 0.25) is 0 Å². The summed E-state index contributed by atoms with van der Waals surface area (Å²) in [5, 5.41) is 14.5. The highest BCUT2D eigenvalue weighted by Crippen LogP contribution is 2.41. The van der Waals surface area contributed by atoms with Crippen molar-refractivity contribution in [1.82, 2.24) is 0 Å². The van der Waals surface area contributed by atoms with E-state index >= 15 is 0 Å². The normalized spacial score (nSPS) is 17.5. The quantitative estimate of drug-likeness (QED) is 0.668. The summed E-state index contributed by atoms with van der Waals surface area (Å²) in [5.41, 5.74) is 1.51. The number of rotatable bonds is 4. The van der Waals surface area contributed by atoms with Crippen LogP contribution in [0.15, 0.2) is 18.2 Å². The first-order chi connectivity index (χ1) is 8.97. The van der Waals surface area contributed by atoms with Gasteiger partial charge in [-0.2, -0.15) is 0 Å². The molecule has 1 aliphatic rings. The Labute approximate surface area is 113 Å². The summed E-state index contributed by atoms with van der Waals surface area (Å²) in [7, 11) is 0. The van der Waals surface area contributed by atoms with Crippen LogP contribution in [0.5, 0.6) is 0 Å². The van der Waals surface area contributed by atoms with Gasteiger partial charge in [0.2, 0.25) is 0 Å². The Kier molecular flexibility index (Phi) is 3.64. The molecule has 5 nitrogen and oxygen atoms in total. The number of para-hydroxylation sites is 1. The van der Waals surface area contributed by atoms with Crippen molar-refractivity contribution in [2.45, 2.75) is 39.2 Å². The fraction of sp³-hybridized carbons (Fsp3) is 0.571. The summed E-state index contributed by atoms with van der Waals surface area (Å²) in [6, 6.07) is 5.51. The predicted octanol–water partition coefficient (Wildman–Crippen LogP) is 3.41. The molecule has 1 aliphatic heterocycles. The number of hydrogen-bond acceptors (Lipinski definition) is 4. The van der Waals surface area contributed by atoms with Crippen LogP contribution in [-0.4, -0.2) is 23.6 Å². The topological polar surface area (TPSA) is 58.4 Å². The van der Waals surface area contributed by atoms with Gasteiger partial charge in [-0.25, -0.2) is 0 Å². The minimum Gasteiger partial charge on any atom is -0.380 e. The Bertz CT molecular complexity index is 486. The van der Waals surface area contributed by atoms with Crippen LogP contribution < -0.4 is 10.2 Å². The fourth-order valence-electron chi connectivity index (χ4n) is 2.83. The van der Waals surface area contributed by atoms with Crippen molar-refractivity contribution in [2.24, 2.45) is 0 Å². The van der Waals surface area contributed by atoms with Crippen LogP contribution in [0.3, 0.4) is 0 Å². The summed E-state index contributed by atoms with van der Waals surface area (Å²) in [6.45, 7) is 7.78. The largest absolute Gasteiger partial charge is 0.380 e. The molecule has 1 fully saturated rings. The summed E-state index contributed by atoms with van der Waals surface area (Å²) in [5.74, 6) is 0. The molecule has 19 heavy (non-hydrogen) atoms. The molecule has 1 saturated heterocycles. The van der Waals surface area contributed by atoms with Crippen LogP contribution in [0.25, 0.3) is 0 Å². The molecule has 104 valence electrons. The summed E-state index contributed by atoms with van der Waals surface area (Å²) in [4.78, 5) is 13.3. The SMILES string of the molecule is CCNc1cccc(N2CCCC2(C)C)c1[N+](=O)[O-]. The maximum atomic E-state index is 11.4. The standard InChI is InChI=1S/C14H21N3O2/c1-4-15-11-7-5-8-12(13(11)17(18)19)16-10-6-9-14(16,2)3/h5,7-8,15H,4,6,9-10H2,1-3H3. The van der Waals surface area contributed by atoms with Gasteiger partial charge >= 0.3 is 5.69 Å². The van der Waals surface area contributed by atoms with Gasteiger partial charge in [-0.05, 0) is 45.7 Å². The van der Waals surface area contributed by atoms with Gasteiger partial charge < -0.3 is 10.2 Å². The third-order valence-corrected chi connectivity index (χ3v) is 3.76. The molecule has 1 N–H and O–H groups in total. The second-order valence-electron chi connectivity index (χ2n) is 5.53. The van der Waals surface area contributed by atoms with E-state index in [0.717, 1.165) is 25.1 Å². The molecule has 1 aromatic carbocycles. The van der Waals surface area contributed by atoms with E-state index in [0.29, 0.717) is 12.2 Å². The minimum absolute atomic E-state index is 0.0183. The third kappa shape index (κ3) is 2.50. The maximum Gasteiger partial charge on any atom is 0.315 e. The second kappa shape index (κ2) is 5.07. The van der Waals surface area contributed by atoms with Gasteiger partial charge in [0.15, 0.2) is 0 Å². The molecule has 0 aromatic heterocycles. The van der Waals surface area contributed by atoms with E-state index in [1.54, 1.807) is 6.07 Å². The van der Waals surface area contributed by atoms with E-state index in [9.17, 15) is 10.1 Å². The minimum atomic E-state index is -0.276. The first kappa shape index (κ1) is 13.6. The third-order valence-electron chi connectivity index (χ3n) is 3.76. The highest BCUT2D eigenvalue weighted by atomic mass is 16.6. The molecule has 0 atom stereocenters. The Hall–Kier alpha value is -1.78. The van der Waals surface area contributed by atoms with E-state index in [4.69, 9.17) is 0 Å². The van der Waals surface area contributed by atoms with Gasteiger partial charge in [-0.15, -0.1) is 0 Å². The first-order valence-electron chi connectivity index (χ1n) is 6.76. The summed E-state index contributed by atoms with van der Waals surface area (Å²) >= 11 is 0. The molecule has 0 unspecified atom stereocenters. The van der Waals surface area contributed by atoms with Crippen molar-refractivity contribution in [3.63, 3.8) is 0 Å². The van der Waals surface area contributed by atoms with E-state index in [2.05, 4.69) is 24.1 Å². The average molecular weight is 263 g/mol. The van der Waals surface area contributed by atoms with Gasteiger partial charge in [-0.3, -0.25) is 10.1 Å². The number of benzene rings is 1. The number of nitrogens with one attached hydrogen (secondary N) is 1. The number of hydrogen-bond donors (Lipinski definition) is 1. The lowest BCUT2D eigenvalue weighted by Crippen LogP contribution is -2.38. The van der Waals surface area contributed by atoms with Gasteiger partial charge in [-0.1, -0.05) is 6.07 Å². The molecule has 2 rings (SSSR count). The van der Waals surface area contributed by atoms with Crippen molar-refractivity contribution in [3.8, 4) is 0 Å². The highest BCUT2D eigenvalue weighted by Gasteiger charge is 2.36. The van der Waals surface area contributed by atoms with Gasteiger partial charge in [0.25, 0.3) is 0 Å². The molecular formula is C14H21N3O2. The summed E-state index contributed by atoms with van der Waals surface area (Å²) in [6.07, 6.45) is 2.14. The number of nitro benzene ring substituents is 1. The van der Waals surface area contributed by atoms with Gasteiger partial charge in [0.1, 0.15) is 11.4 Å². The van der Waals surface area contributed by atoms with Crippen molar-refractivity contribution >= 4 is 17.1 Å². The van der Waals surface area contributed by atoms with Crippen molar-refractivity contribution in [2.75, 3.05) is 23.3 Å². The first-order valence-corrected chi connectivity index (χ1v) is 6.76. The number of nitrogens with zero attached hydrogens (tertiary/aromatic N) is 2. The molecule has 1 aromatic rings. The lowest BCUT2D eigenvalue weighted by molar-refractivity contribution is -0.383. The van der Waals surface area contributed by atoms with Crippen molar-refractivity contribution < 1.29 is 4.92 Å². The smallest absolute Gasteiger partial charge is 0.315 e. The molecule has 0 aliphatic carbocycles. The molecule has 0 amide bonds. The maximum absolute atomic E-state index is 11.4. The van der Waals surface area contributed by atoms with Crippen molar-refractivity contribution in [3.05, 3.63) is 28.3 Å². The van der Waals surface area contributed by atoms with E-state index in [1.165, 1.54) is 0 Å². The molecule has 5 heteroatoms. The molecule has 1 heterocycles. The monoisotopic (exact) mass is 263 g/mol. The Balaban J connectivity index is 2.50. The second-order valence-corrected chi connectivity index (χ2v) is 5.53. The Morgan fingerprint density at radius 2 is 2.21 bits per heavy atom. The van der Waals surface area contributed by atoms with Gasteiger partial charge in [0, 0.05) is 18.6 Å². The zero-order chi connectivity index (χ0) is 14.0. The fourth-order valence-corrected chi connectivity index (χ4v) is 2.83. The van der Waals surface area contributed by atoms with Crippen molar-refractivity contribution in [1.29, 1.82) is 0 Å². The van der Waals surface area contributed by atoms with Crippen LogP contribution in [0.1, 0.15) is 33.6 Å². The van der Waals surface area contributed by atoms with Crippen LogP contribution >= 0.6 is 0 Å². The summed E-state index contributed by atoms with van der Waals surface area (Å²) < 4.78 is 0. The highest BCUT2D eigenvalue weighted by molar-refractivity contribution is 5.77. The van der Waals surface area contributed by atoms with Crippen LogP contribution in [0, 0.1) is 10.1 Å². The Morgan fingerprint density at radius 1 is 1.47 bits per heavy atom. The molecule has 0 bridgehead atoms. The van der Waals surface area contributed by atoms with Crippen LogP contribution in [0.4, 0.5) is 17.1 Å². The molecule has 0 saturated carbocycles. The number of nitro groups is 1. The lowest BCUT2D eigenvalue weighted by atomic mass is 10.0. The average Bonchev–Trinajstić information content (AvgIpc) is 2.68.